The second kappa shape index (κ2) is 12.0. The van der Waals surface area contributed by atoms with E-state index in [0.717, 1.165) is 55.8 Å². The number of ether oxygens (including phenoxy) is 1. The van der Waals surface area contributed by atoms with Crippen molar-refractivity contribution in [3.63, 3.8) is 0 Å². The van der Waals surface area contributed by atoms with Gasteiger partial charge in [-0.15, -0.1) is 0 Å². The molecule has 0 spiro atoms. The van der Waals surface area contributed by atoms with Crippen molar-refractivity contribution in [1.82, 2.24) is 9.13 Å². The number of aromatic nitrogens is 2. The van der Waals surface area contributed by atoms with Crippen LogP contribution in [-0.4, -0.2) is 15.2 Å². The van der Waals surface area contributed by atoms with Crippen molar-refractivity contribution < 1.29 is 9.15 Å². The third-order valence-electron chi connectivity index (χ3n) is 12.5. The van der Waals surface area contributed by atoms with Gasteiger partial charge in [-0.3, -0.25) is 0 Å². The SMILES string of the molecule is C1=CC2Oc3c(ccc4c3oc3c(-c5ccc6c(c5)c5ccccc5n6-c5ccccc5)cccc34)C2C=C1c1ccc2c(c1)c1ccccc1n2-c1ccccc1. The second-order valence-corrected chi connectivity index (χ2v) is 15.6. The van der Waals surface area contributed by atoms with E-state index in [9.17, 15) is 0 Å². The first-order valence-electron chi connectivity index (χ1n) is 20.0. The van der Waals surface area contributed by atoms with Crippen LogP contribution < -0.4 is 4.74 Å². The van der Waals surface area contributed by atoms with Gasteiger partial charge in [-0.05, 0) is 89.5 Å². The highest BCUT2D eigenvalue weighted by molar-refractivity contribution is 6.14. The first-order valence-corrected chi connectivity index (χ1v) is 20.0. The highest BCUT2D eigenvalue weighted by Gasteiger charge is 2.36. The summed E-state index contributed by atoms with van der Waals surface area (Å²) in [5.41, 5.74) is 14.6. The van der Waals surface area contributed by atoms with Gasteiger partial charge < -0.3 is 18.3 Å². The minimum Gasteiger partial charge on any atom is -0.481 e. The molecule has 0 radical (unpaired) electrons. The summed E-state index contributed by atoms with van der Waals surface area (Å²) >= 11 is 0. The molecule has 0 amide bonds. The molecule has 58 heavy (non-hydrogen) atoms. The van der Waals surface area contributed by atoms with E-state index in [1.54, 1.807) is 0 Å². The molecule has 1 aliphatic heterocycles. The fourth-order valence-electron chi connectivity index (χ4n) is 9.84. The quantitative estimate of drug-likeness (QED) is 0.180. The van der Waals surface area contributed by atoms with Gasteiger partial charge >= 0.3 is 0 Å². The molecule has 0 saturated heterocycles. The molecule has 2 aliphatic rings. The van der Waals surface area contributed by atoms with Gasteiger partial charge in [-0.2, -0.15) is 0 Å². The van der Waals surface area contributed by atoms with Crippen LogP contribution in [0.4, 0.5) is 0 Å². The van der Waals surface area contributed by atoms with Crippen molar-refractivity contribution in [1.29, 1.82) is 0 Å². The van der Waals surface area contributed by atoms with Crippen LogP contribution in [0.5, 0.6) is 5.75 Å². The van der Waals surface area contributed by atoms with E-state index in [1.807, 2.05) is 0 Å². The van der Waals surface area contributed by atoms with Crippen LogP contribution in [0.25, 0.3) is 93.6 Å². The van der Waals surface area contributed by atoms with E-state index < -0.39 is 0 Å². The monoisotopic (exact) mass is 742 g/mol. The Bertz CT molecular complexity index is 3550. The van der Waals surface area contributed by atoms with E-state index in [1.165, 1.54) is 54.7 Å². The Labute approximate surface area is 333 Å². The summed E-state index contributed by atoms with van der Waals surface area (Å²) in [7, 11) is 0. The van der Waals surface area contributed by atoms with Crippen molar-refractivity contribution in [2.45, 2.75) is 12.0 Å². The van der Waals surface area contributed by atoms with Gasteiger partial charge in [0.05, 0.1) is 22.1 Å². The number of benzene rings is 8. The van der Waals surface area contributed by atoms with Crippen LogP contribution in [0.2, 0.25) is 0 Å². The lowest BCUT2D eigenvalue weighted by Crippen LogP contribution is -2.16. The van der Waals surface area contributed by atoms with Crippen LogP contribution in [0.15, 0.2) is 199 Å². The second-order valence-electron chi connectivity index (χ2n) is 15.6. The van der Waals surface area contributed by atoms with Crippen LogP contribution in [0, 0.1) is 0 Å². The minimum atomic E-state index is -0.0925. The lowest BCUT2D eigenvalue weighted by atomic mass is 9.86. The van der Waals surface area contributed by atoms with Gasteiger partial charge in [-0.1, -0.05) is 121 Å². The molecule has 13 rings (SSSR count). The summed E-state index contributed by atoms with van der Waals surface area (Å²) in [6.45, 7) is 0. The summed E-state index contributed by atoms with van der Waals surface area (Å²) in [6.07, 6.45) is 6.74. The van der Waals surface area contributed by atoms with Gasteiger partial charge in [0, 0.05) is 60.7 Å². The molecule has 1 aliphatic carbocycles. The zero-order chi connectivity index (χ0) is 37.9. The van der Waals surface area contributed by atoms with Gasteiger partial charge in [0.15, 0.2) is 11.3 Å². The molecule has 2 atom stereocenters. The number of fused-ring (bicyclic) bond motifs is 13. The average Bonchev–Trinajstić information content (AvgIpc) is 4.04. The van der Waals surface area contributed by atoms with Crippen molar-refractivity contribution >= 4 is 71.1 Å². The molecule has 0 bridgehead atoms. The van der Waals surface area contributed by atoms with Gasteiger partial charge in [0.2, 0.25) is 0 Å². The van der Waals surface area contributed by atoms with Crippen molar-refractivity contribution in [2.24, 2.45) is 0 Å². The maximum absolute atomic E-state index is 6.92. The van der Waals surface area contributed by atoms with E-state index in [0.29, 0.717) is 0 Å². The van der Waals surface area contributed by atoms with Crippen molar-refractivity contribution in [2.75, 3.05) is 0 Å². The molecule has 0 fully saturated rings. The summed E-state index contributed by atoms with van der Waals surface area (Å²) in [4.78, 5) is 0. The van der Waals surface area contributed by atoms with E-state index in [4.69, 9.17) is 9.15 Å². The summed E-state index contributed by atoms with van der Waals surface area (Å²) in [5, 5.41) is 7.11. The smallest absolute Gasteiger partial charge is 0.177 e. The van der Waals surface area contributed by atoms with E-state index in [-0.39, 0.29) is 12.0 Å². The molecule has 4 nitrogen and oxygen atoms in total. The van der Waals surface area contributed by atoms with Crippen LogP contribution in [-0.2, 0) is 0 Å². The van der Waals surface area contributed by atoms with Crippen LogP contribution in [0.3, 0.4) is 0 Å². The lowest BCUT2D eigenvalue weighted by Gasteiger charge is -2.19. The molecule has 4 heterocycles. The molecule has 0 N–H and O–H groups in total. The third kappa shape index (κ3) is 4.45. The molecular formula is C54H34N2O2. The Kier molecular flexibility index (Phi) is 6.53. The number of hydrogen-bond acceptors (Lipinski definition) is 2. The Balaban J connectivity index is 0.909. The maximum Gasteiger partial charge on any atom is 0.177 e. The van der Waals surface area contributed by atoms with Crippen LogP contribution >= 0.6 is 0 Å². The molecular weight excluding hydrogens is 709 g/mol. The summed E-state index contributed by atoms with van der Waals surface area (Å²) in [6, 6.07) is 63.2. The number of hydrogen-bond donors (Lipinski definition) is 0. The van der Waals surface area contributed by atoms with E-state index in [2.05, 4.69) is 203 Å². The Morgan fingerprint density at radius 2 is 1.00 bits per heavy atom. The number of rotatable bonds is 4. The normalized spacial score (nSPS) is 16.1. The summed E-state index contributed by atoms with van der Waals surface area (Å²) in [5.74, 6) is 0.928. The standard InChI is InChI=1S/C54H34N2O2/c1-3-12-36(13-4-1)55-47-20-9-7-16-39(47)44-30-33(22-27-49(44)55)34-24-29-51-46(31-34)43-26-25-42-41-19-11-18-38(52(41)58-54(42)53(43)57-51)35-23-28-50-45(32-35)40-17-8-10-21-48(40)56(50)37-14-5-2-6-15-37/h1-32,46,51H. The first kappa shape index (κ1) is 31.6. The number of nitrogens with zero attached hydrogens (tertiary/aromatic N) is 2. The predicted molar refractivity (Wildman–Crippen MR) is 239 cm³/mol. The molecule has 2 unspecified atom stereocenters. The zero-order valence-electron chi connectivity index (χ0n) is 31.3. The number of allylic oxidation sites excluding steroid dienone is 2. The number of para-hydroxylation sites is 5. The molecule has 11 aromatic rings. The molecule has 8 aromatic carbocycles. The topological polar surface area (TPSA) is 32.2 Å². The fraction of sp³-hybridized carbons (Fsp3) is 0.0370. The maximum atomic E-state index is 6.92. The average molecular weight is 743 g/mol. The third-order valence-corrected chi connectivity index (χ3v) is 12.5. The van der Waals surface area contributed by atoms with Gasteiger partial charge in [0.1, 0.15) is 11.7 Å². The van der Waals surface area contributed by atoms with Crippen molar-refractivity contribution in [3.8, 4) is 28.3 Å². The zero-order valence-corrected chi connectivity index (χ0v) is 31.3. The van der Waals surface area contributed by atoms with Crippen molar-refractivity contribution in [3.05, 3.63) is 205 Å². The van der Waals surface area contributed by atoms with Crippen LogP contribution in [0.1, 0.15) is 17.0 Å². The minimum absolute atomic E-state index is 0.0813. The van der Waals surface area contributed by atoms with E-state index >= 15 is 0 Å². The Morgan fingerprint density at radius 3 is 1.69 bits per heavy atom. The molecule has 272 valence electrons. The Morgan fingerprint density at radius 1 is 0.431 bits per heavy atom. The predicted octanol–water partition coefficient (Wildman–Crippen LogP) is 13.9. The fourth-order valence-corrected chi connectivity index (χ4v) is 9.84. The van der Waals surface area contributed by atoms with Gasteiger partial charge in [-0.25, -0.2) is 0 Å². The highest BCUT2D eigenvalue weighted by atomic mass is 16.5. The molecule has 4 heteroatoms. The van der Waals surface area contributed by atoms with Gasteiger partial charge in [0.25, 0.3) is 0 Å². The largest absolute Gasteiger partial charge is 0.481 e. The Hall–Kier alpha value is -7.56. The molecule has 0 saturated carbocycles. The lowest BCUT2D eigenvalue weighted by molar-refractivity contribution is 0.269. The first-order chi connectivity index (χ1) is 28.8. The molecule has 3 aromatic heterocycles. The highest BCUT2D eigenvalue weighted by Crippen LogP contribution is 2.50. The number of furan rings is 1. The summed E-state index contributed by atoms with van der Waals surface area (Å²) < 4.78 is 18.4.